The first kappa shape index (κ1) is 21.2. The van der Waals surface area contributed by atoms with Crippen LogP contribution in [0.15, 0.2) is 35.0 Å². The van der Waals surface area contributed by atoms with Gasteiger partial charge in [0.15, 0.2) is 0 Å². The van der Waals surface area contributed by atoms with Crippen LogP contribution in [0, 0.1) is 13.8 Å². The Balaban J connectivity index is 1.36. The van der Waals surface area contributed by atoms with E-state index in [9.17, 15) is 9.59 Å². The number of rotatable bonds is 5. The summed E-state index contributed by atoms with van der Waals surface area (Å²) in [6, 6.07) is 9.92. The molecule has 9 heteroatoms. The number of anilines is 1. The Hall–Kier alpha value is -3.62. The second kappa shape index (κ2) is 8.73. The van der Waals surface area contributed by atoms with Gasteiger partial charge in [0.25, 0.3) is 0 Å². The van der Waals surface area contributed by atoms with Gasteiger partial charge in [0.05, 0.1) is 19.4 Å². The number of piperidine rings is 1. The van der Waals surface area contributed by atoms with Crippen molar-refractivity contribution < 1.29 is 14.2 Å². The Morgan fingerprint density at radius 2 is 1.94 bits per heavy atom. The summed E-state index contributed by atoms with van der Waals surface area (Å²) in [5.41, 5.74) is 4.01. The number of amides is 2. The van der Waals surface area contributed by atoms with Crippen molar-refractivity contribution in [3.63, 3.8) is 0 Å². The highest BCUT2D eigenvalue weighted by Gasteiger charge is 2.34. The summed E-state index contributed by atoms with van der Waals surface area (Å²) in [6.07, 6.45) is 2.28. The number of aromatic nitrogens is 4. The molecule has 0 saturated carbocycles. The zero-order valence-electron chi connectivity index (χ0n) is 18.8. The van der Waals surface area contributed by atoms with Crippen molar-refractivity contribution in [2.24, 2.45) is 0 Å². The minimum atomic E-state index is -0.00253. The van der Waals surface area contributed by atoms with E-state index >= 15 is 0 Å². The number of likely N-dealkylation sites (tertiary alicyclic amines) is 1. The Bertz CT molecular complexity index is 1190. The van der Waals surface area contributed by atoms with Crippen LogP contribution >= 0.6 is 0 Å². The van der Waals surface area contributed by atoms with E-state index in [1.807, 2.05) is 42.2 Å². The Morgan fingerprint density at radius 3 is 2.70 bits per heavy atom. The Labute approximate surface area is 191 Å². The summed E-state index contributed by atoms with van der Waals surface area (Å²) in [4.78, 5) is 38.9. The van der Waals surface area contributed by atoms with Crippen molar-refractivity contribution in [3.05, 3.63) is 64.4 Å². The molecule has 0 spiro atoms. The van der Waals surface area contributed by atoms with Gasteiger partial charge >= 0.3 is 0 Å². The molecule has 170 valence electrons. The minimum absolute atomic E-state index is 0.00253. The molecule has 2 aliphatic heterocycles. The number of carbonyl (C=O) groups is 2. The van der Waals surface area contributed by atoms with Crippen LogP contribution in [0.4, 0.5) is 5.82 Å². The maximum Gasteiger partial charge on any atom is 0.233 e. The monoisotopic (exact) mass is 446 g/mol. The summed E-state index contributed by atoms with van der Waals surface area (Å²) in [6.45, 7) is 5.45. The first-order valence-corrected chi connectivity index (χ1v) is 11.3. The molecule has 0 N–H and O–H groups in total. The zero-order chi connectivity index (χ0) is 22.9. The van der Waals surface area contributed by atoms with Crippen LogP contribution in [0.2, 0.25) is 0 Å². The standard InChI is InChI=1S/C24H26N6O3/c1-15-19-11-22(32)30(13-17-7-4-3-5-8-17)24(19)26-23(25-15)18-9-6-10-29(14-18)21(31)12-20-16(2)27-33-28-20/h3-5,7-8,18H,6,9-14H2,1-2H3/t18-/m0/s1. The van der Waals surface area contributed by atoms with Gasteiger partial charge in [-0.1, -0.05) is 40.6 Å². The number of fused-ring (bicyclic) bond motifs is 1. The number of benzene rings is 1. The maximum atomic E-state index is 12.9. The molecule has 5 rings (SSSR count). The molecule has 1 saturated heterocycles. The average Bonchev–Trinajstić information content (AvgIpc) is 3.37. The predicted molar refractivity (Wildman–Crippen MR) is 119 cm³/mol. The lowest BCUT2D eigenvalue weighted by atomic mass is 9.96. The number of carbonyl (C=O) groups excluding carboxylic acids is 2. The number of aryl methyl sites for hydroxylation is 2. The van der Waals surface area contributed by atoms with E-state index in [1.54, 1.807) is 11.8 Å². The molecule has 1 aromatic carbocycles. The number of hydrogen-bond donors (Lipinski definition) is 0. The number of hydrogen-bond acceptors (Lipinski definition) is 7. The molecule has 9 nitrogen and oxygen atoms in total. The van der Waals surface area contributed by atoms with E-state index < -0.39 is 0 Å². The highest BCUT2D eigenvalue weighted by atomic mass is 16.6. The molecule has 0 bridgehead atoms. The molecule has 2 aromatic heterocycles. The van der Waals surface area contributed by atoms with Crippen molar-refractivity contribution >= 4 is 17.6 Å². The lowest BCUT2D eigenvalue weighted by Crippen LogP contribution is -2.40. The third-order valence-corrected chi connectivity index (χ3v) is 6.48. The first-order valence-electron chi connectivity index (χ1n) is 11.3. The van der Waals surface area contributed by atoms with Gasteiger partial charge in [-0.15, -0.1) is 0 Å². The largest absolute Gasteiger partial charge is 0.342 e. The molecule has 2 amide bonds. The van der Waals surface area contributed by atoms with Crippen LogP contribution in [0.3, 0.4) is 0 Å². The van der Waals surface area contributed by atoms with Gasteiger partial charge in [-0.25, -0.2) is 14.6 Å². The molecule has 1 atom stereocenters. The van der Waals surface area contributed by atoms with Crippen molar-refractivity contribution in [2.75, 3.05) is 18.0 Å². The third-order valence-electron chi connectivity index (χ3n) is 6.48. The quantitative estimate of drug-likeness (QED) is 0.593. The minimum Gasteiger partial charge on any atom is -0.342 e. The molecule has 0 radical (unpaired) electrons. The molecular formula is C24H26N6O3. The van der Waals surface area contributed by atoms with Crippen molar-refractivity contribution in [3.8, 4) is 0 Å². The maximum absolute atomic E-state index is 12.9. The summed E-state index contributed by atoms with van der Waals surface area (Å²) in [7, 11) is 0. The van der Waals surface area contributed by atoms with Gasteiger partial charge in [-0.05, 0) is 32.3 Å². The van der Waals surface area contributed by atoms with E-state index in [1.165, 1.54) is 0 Å². The SMILES string of the molecule is Cc1nonc1CC(=O)N1CCC[C@H](c2nc(C)c3c(n2)N(Cc2ccccc2)C(=O)C3)C1. The molecule has 33 heavy (non-hydrogen) atoms. The molecule has 0 unspecified atom stereocenters. The van der Waals surface area contributed by atoms with Gasteiger partial charge in [0.1, 0.15) is 23.0 Å². The zero-order valence-corrected chi connectivity index (χ0v) is 18.8. The molecule has 0 aliphatic carbocycles. The van der Waals surface area contributed by atoms with Gasteiger partial charge in [-0.2, -0.15) is 0 Å². The van der Waals surface area contributed by atoms with Gasteiger partial charge in [0.2, 0.25) is 11.8 Å². The summed E-state index contributed by atoms with van der Waals surface area (Å²) < 4.78 is 4.72. The van der Waals surface area contributed by atoms with Crippen LogP contribution in [0.1, 0.15) is 52.8 Å². The van der Waals surface area contributed by atoms with E-state index in [0.29, 0.717) is 49.1 Å². The van der Waals surface area contributed by atoms with Gasteiger partial charge in [0, 0.05) is 30.3 Å². The molecule has 4 heterocycles. The molecule has 2 aliphatic rings. The first-order chi connectivity index (χ1) is 16.0. The summed E-state index contributed by atoms with van der Waals surface area (Å²) >= 11 is 0. The smallest absolute Gasteiger partial charge is 0.233 e. The Morgan fingerprint density at radius 1 is 1.12 bits per heavy atom. The van der Waals surface area contributed by atoms with Crippen molar-refractivity contribution in [1.82, 2.24) is 25.2 Å². The van der Waals surface area contributed by atoms with E-state index in [-0.39, 0.29) is 24.2 Å². The third kappa shape index (κ3) is 4.22. The predicted octanol–water partition coefficient (Wildman–Crippen LogP) is 2.51. The fourth-order valence-electron chi connectivity index (χ4n) is 4.59. The van der Waals surface area contributed by atoms with Gasteiger partial charge < -0.3 is 4.90 Å². The lowest BCUT2D eigenvalue weighted by Gasteiger charge is -2.32. The fourth-order valence-corrected chi connectivity index (χ4v) is 4.59. The van der Waals surface area contributed by atoms with Crippen LogP contribution in [0.25, 0.3) is 0 Å². The summed E-state index contributed by atoms with van der Waals surface area (Å²) in [5.74, 6) is 1.48. The van der Waals surface area contributed by atoms with Crippen LogP contribution in [0.5, 0.6) is 0 Å². The van der Waals surface area contributed by atoms with Crippen molar-refractivity contribution in [1.29, 1.82) is 0 Å². The van der Waals surface area contributed by atoms with Crippen LogP contribution in [-0.2, 0) is 29.0 Å². The summed E-state index contributed by atoms with van der Waals surface area (Å²) in [5, 5.41) is 7.59. The Kier molecular flexibility index (Phi) is 5.62. The fraction of sp³-hybridized carbons (Fsp3) is 0.417. The highest BCUT2D eigenvalue weighted by Crippen LogP contribution is 2.33. The van der Waals surface area contributed by atoms with E-state index in [0.717, 1.165) is 29.7 Å². The molecule has 1 fully saturated rings. The topological polar surface area (TPSA) is 105 Å². The van der Waals surface area contributed by atoms with Gasteiger partial charge in [-0.3, -0.25) is 14.5 Å². The van der Waals surface area contributed by atoms with E-state index in [4.69, 9.17) is 14.6 Å². The van der Waals surface area contributed by atoms with Crippen molar-refractivity contribution in [2.45, 2.75) is 52.0 Å². The van der Waals surface area contributed by atoms with Crippen LogP contribution < -0.4 is 4.90 Å². The second-order valence-corrected chi connectivity index (χ2v) is 8.76. The lowest BCUT2D eigenvalue weighted by molar-refractivity contribution is -0.131. The number of nitrogens with zero attached hydrogens (tertiary/aromatic N) is 6. The van der Waals surface area contributed by atoms with E-state index in [2.05, 4.69) is 10.3 Å². The molecular weight excluding hydrogens is 420 g/mol. The normalized spacial score (nSPS) is 18.0. The average molecular weight is 447 g/mol. The van der Waals surface area contributed by atoms with Crippen LogP contribution in [-0.4, -0.2) is 50.1 Å². The highest BCUT2D eigenvalue weighted by molar-refractivity contribution is 6.00. The second-order valence-electron chi connectivity index (χ2n) is 8.76. The molecule has 3 aromatic rings.